The molecule has 0 unspecified atom stereocenters. The van der Waals surface area contributed by atoms with Crippen LogP contribution in [-0.4, -0.2) is 21.8 Å². The molecule has 0 amide bonds. The molecule has 8 nitrogen and oxygen atoms in total. The van der Waals surface area contributed by atoms with Crippen molar-refractivity contribution in [2.24, 2.45) is 0 Å². The minimum atomic E-state index is -5.07. The summed E-state index contributed by atoms with van der Waals surface area (Å²) in [6.07, 6.45) is 0. The minimum absolute atomic E-state index is 0.0842. The lowest BCUT2D eigenvalue weighted by molar-refractivity contribution is -0.384. The van der Waals surface area contributed by atoms with Crippen LogP contribution in [-0.2, 0) is 20.2 Å². The van der Waals surface area contributed by atoms with Crippen molar-refractivity contribution in [2.45, 2.75) is 9.79 Å². The average molecular weight is 395 g/mol. The lowest BCUT2D eigenvalue weighted by Gasteiger charge is -2.09. The molecule has 0 spiro atoms. The number of anilines is 1. The number of halogens is 2. The van der Waals surface area contributed by atoms with Crippen LogP contribution < -0.4 is 4.72 Å². The van der Waals surface area contributed by atoms with Crippen LogP contribution in [0, 0.1) is 10.1 Å². The van der Waals surface area contributed by atoms with Crippen molar-refractivity contribution in [3.63, 3.8) is 0 Å². The number of hydrogen-bond donors (Lipinski definition) is 1. The molecule has 0 bridgehead atoms. The molecule has 0 atom stereocenters. The SMILES string of the molecule is O=[N+]([O-])c1ccc(NS(=O)(=O)c2cccc(S(=O)(=O)F)c2)cc1Cl. The van der Waals surface area contributed by atoms with E-state index in [0.717, 1.165) is 36.4 Å². The van der Waals surface area contributed by atoms with E-state index in [-0.39, 0.29) is 10.7 Å². The molecule has 2 rings (SSSR count). The molecule has 0 aromatic heterocycles. The van der Waals surface area contributed by atoms with Crippen molar-refractivity contribution >= 4 is 43.2 Å². The molecule has 0 aliphatic heterocycles. The number of rotatable bonds is 5. The molecule has 0 saturated carbocycles. The third kappa shape index (κ3) is 3.99. The number of hydrogen-bond acceptors (Lipinski definition) is 6. The molecular weight excluding hydrogens is 387 g/mol. The van der Waals surface area contributed by atoms with E-state index in [1.54, 1.807) is 0 Å². The predicted molar refractivity (Wildman–Crippen MR) is 83.7 cm³/mol. The van der Waals surface area contributed by atoms with E-state index in [4.69, 9.17) is 11.6 Å². The Morgan fingerprint density at radius 3 is 2.21 bits per heavy atom. The van der Waals surface area contributed by atoms with E-state index in [1.165, 1.54) is 0 Å². The van der Waals surface area contributed by atoms with Crippen LogP contribution in [0.2, 0.25) is 5.02 Å². The second-order valence-corrected chi connectivity index (χ2v) is 7.88. The first-order chi connectivity index (χ1) is 11.0. The molecule has 1 N–H and O–H groups in total. The summed E-state index contributed by atoms with van der Waals surface area (Å²) in [5, 5.41) is 10.4. The topological polar surface area (TPSA) is 123 Å². The van der Waals surface area contributed by atoms with Crippen LogP contribution in [0.4, 0.5) is 15.3 Å². The van der Waals surface area contributed by atoms with Crippen molar-refractivity contribution < 1.29 is 25.6 Å². The van der Waals surface area contributed by atoms with Gasteiger partial charge in [0.2, 0.25) is 0 Å². The number of benzene rings is 2. The fourth-order valence-electron chi connectivity index (χ4n) is 1.73. The number of sulfonamides is 1. The second-order valence-electron chi connectivity index (χ2n) is 4.44. The first-order valence-electron chi connectivity index (χ1n) is 6.02. The van der Waals surface area contributed by atoms with Gasteiger partial charge in [0.1, 0.15) is 5.02 Å². The first kappa shape index (κ1) is 18.1. The first-order valence-corrected chi connectivity index (χ1v) is 9.27. The van der Waals surface area contributed by atoms with E-state index in [1.807, 2.05) is 0 Å². The maximum absolute atomic E-state index is 13.0. The third-order valence-corrected chi connectivity index (χ3v) is 5.29. The molecule has 2 aromatic carbocycles. The van der Waals surface area contributed by atoms with Gasteiger partial charge in [-0.1, -0.05) is 17.7 Å². The third-order valence-electron chi connectivity index (χ3n) is 2.79. The normalized spacial score (nSPS) is 11.9. The van der Waals surface area contributed by atoms with Crippen molar-refractivity contribution in [3.8, 4) is 0 Å². The summed E-state index contributed by atoms with van der Waals surface area (Å²) in [4.78, 5) is 8.60. The molecule has 12 heteroatoms. The van der Waals surface area contributed by atoms with Gasteiger partial charge < -0.3 is 0 Å². The summed E-state index contributed by atoms with van der Waals surface area (Å²) < 4.78 is 61.2. The molecule has 0 fully saturated rings. The zero-order chi connectivity index (χ0) is 18.1. The van der Waals surface area contributed by atoms with Gasteiger partial charge in [0.15, 0.2) is 0 Å². The molecule has 2 aromatic rings. The number of nitro groups is 1. The van der Waals surface area contributed by atoms with Gasteiger partial charge in [-0.3, -0.25) is 14.8 Å². The maximum Gasteiger partial charge on any atom is 0.332 e. The molecular formula is C12H8ClFN2O6S2. The second kappa shape index (κ2) is 6.34. The Balaban J connectivity index is 2.39. The van der Waals surface area contributed by atoms with Gasteiger partial charge in [0, 0.05) is 6.07 Å². The molecule has 0 heterocycles. The molecule has 128 valence electrons. The summed E-state index contributed by atoms with van der Waals surface area (Å²) in [5.41, 5.74) is -0.496. The summed E-state index contributed by atoms with van der Waals surface area (Å²) in [6, 6.07) is 6.79. The molecule has 0 aliphatic carbocycles. The highest BCUT2D eigenvalue weighted by Gasteiger charge is 2.20. The highest BCUT2D eigenvalue weighted by Crippen LogP contribution is 2.28. The molecule has 0 radical (unpaired) electrons. The smallest absolute Gasteiger partial charge is 0.280 e. The fraction of sp³-hybridized carbons (Fsp3) is 0. The Morgan fingerprint density at radius 1 is 1.04 bits per heavy atom. The number of nitro benzene ring substituents is 1. The van der Waals surface area contributed by atoms with Crippen LogP contribution in [0.25, 0.3) is 0 Å². The monoisotopic (exact) mass is 394 g/mol. The zero-order valence-electron chi connectivity index (χ0n) is 11.5. The lowest BCUT2D eigenvalue weighted by Crippen LogP contribution is -2.13. The number of nitrogens with zero attached hydrogens (tertiary/aromatic N) is 1. The van der Waals surface area contributed by atoms with Crippen molar-refractivity contribution in [2.75, 3.05) is 4.72 Å². The van der Waals surface area contributed by atoms with Gasteiger partial charge in [-0.15, -0.1) is 3.89 Å². The average Bonchev–Trinajstić information content (AvgIpc) is 2.45. The van der Waals surface area contributed by atoms with Crippen LogP contribution >= 0.6 is 11.6 Å². The number of nitrogens with one attached hydrogen (secondary N) is 1. The van der Waals surface area contributed by atoms with Gasteiger partial charge >= 0.3 is 10.2 Å². The van der Waals surface area contributed by atoms with Crippen LogP contribution in [0.1, 0.15) is 0 Å². The van der Waals surface area contributed by atoms with Crippen molar-refractivity contribution in [1.82, 2.24) is 0 Å². The minimum Gasteiger partial charge on any atom is -0.280 e. The lowest BCUT2D eigenvalue weighted by atomic mass is 10.3. The Hall–Kier alpha value is -2.24. The fourth-order valence-corrected chi connectivity index (χ4v) is 3.65. The predicted octanol–water partition coefficient (Wildman–Crippen LogP) is 2.71. The summed E-state index contributed by atoms with van der Waals surface area (Å²) in [5.74, 6) is 0. The van der Waals surface area contributed by atoms with Crippen LogP contribution in [0.3, 0.4) is 0 Å². The zero-order valence-corrected chi connectivity index (χ0v) is 13.9. The Labute approximate surface area is 141 Å². The largest absolute Gasteiger partial charge is 0.332 e. The Kier molecular flexibility index (Phi) is 4.78. The molecule has 24 heavy (non-hydrogen) atoms. The van der Waals surface area contributed by atoms with Crippen LogP contribution in [0.5, 0.6) is 0 Å². The summed E-state index contributed by atoms with van der Waals surface area (Å²) in [7, 11) is -9.32. The summed E-state index contributed by atoms with van der Waals surface area (Å²) in [6.45, 7) is 0. The van der Waals surface area contributed by atoms with E-state index in [2.05, 4.69) is 4.72 Å². The molecule has 0 aliphatic rings. The standard InChI is InChI=1S/C12H8ClFN2O6S2/c13-11-6-8(4-5-12(11)16(17)18)15-24(21,22)10-3-1-2-9(7-10)23(14,19)20/h1-7,15H. The highest BCUT2D eigenvalue weighted by molar-refractivity contribution is 7.92. The van der Waals surface area contributed by atoms with Gasteiger partial charge in [-0.05, 0) is 30.3 Å². The van der Waals surface area contributed by atoms with Gasteiger partial charge in [-0.2, -0.15) is 8.42 Å². The maximum atomic E-state index is 13.0. The van der Waals surface area contributed by atoms with E-state index < -0.39 is 40.6 Å². The van der Waals surface area contributed by atoms with E-state index in [9.17, 15) is 30.8 Å². The molecule has 0 saturated heterocycles. The Bertz CT molecular complexity index is 1020. The van der Waals surface area contributed by atoms with E-state index in [0.29, 0.717) is 6.07 Å². The highest BCUT2D eigenvalue weighted by atomic mass is 35.5. The van der Waals surface area contributed by atoms with Crippen LogP contribution in [0.15, 0.2) is 52.3 Å². The van der Waals surface area contributed by atoms with Gasteiger partial charge in [0.05, 0.1) is 20.4 Å². The van der Waals surface area contributed by atoms with Gasteiger partial charge in [0.25, 0.3) is 15.7 Å². The van der Waals surface area contributed by atoms with Crippen molar-refractivity contribution in [3.05, 3.63) is 57.6 Å². The summed E-state index contributed by atoms with van der Waals surface area (Å²) >= 11 is 5.68. The van der Waals surface area contributed by atoms with Gasteiger partial charge in [-0.25, -0.2) is 8.42 Å². The van der Waals surface area contributed by atoms with Crippen molar-refractivity contribution in [1.29, 1.82) is 0 Å². The Morgan fingerprint density at radius 2 is 1.67 bits per heavy atom. The van der Waals surface area contributed by atoms with E-state index >= 15 is 0 Å². The quantitative estimate of drug-likeness (QED) is 0.472.